The first-order chi connectivity index (χ1) is 7.14. The number of sulfonamides is 1. The molecule has 1 heterocycles. The Balaban J connectivity index is 2.24. The molecule has 1 aromatic heterocycles. The molecule has 0 radical (unpaired) electrons. The van der Waals surface area contributed by atoms with Crippen molar-refractivity contribution in [1.82, 2.24) is 14.7 Å². The molecule has 6 nitrogen and oxygen atoms in total. The van der Waals surface area contributed by atoms with Gasteiger partial charge in [-0.2, -0.15) is 0 Å². The summed E-state index contributed by atoms with van der Waals surface area (Å²) in [5.41, 5.74) is 0. The number of nitrogens with one attached hydrogen (secondary N) is 2. The predicted octanol–water partition coefficient (Wildman–Crippen LogP) is -0.172. The summed E-state index contributed by atoms with van der Waals surface area (Å²) < 4.78 is 24.5. The van der Waals surface area contributed by atoms with Crippen LogP contribution >= 0.6 is 0 Å². The summed E-state index contributed by atoms with van der Waals surface area (Å²) in [4.78, 5) is 7.87. The van der Waals surface area contributed by atoms with Crippen LogP contribution in [-0.4, -0.2) is 37.2 Å². The van der Waals surface area contributed by atoms with Crippen LogP contribution in [0.1, 0.15) is 6.92 Å². The number of aromatic nitrogens is 2. The van der Waals surface area contributed by atoms with Gasteiger partial charge in [0.05, 0.1) is 5.75 Å². The molecule has 84 valence electrons. The molecule has 15 heavy (non-hydrogen) atoms. The van der Waals surface area contributed by atoms with Crippen molar-refractivity contribution in [1.29, 1.82) is 0 Å². The zero-order valence-electron chi connectivity index (χ0n) is 8.47. The monoisotopic (exact) mass is 230 g/mol. The van der Waals surface area contributed by atoms with Gasteiger partial charge < -0.3 is 5.32 Å². The topological polar surface area (TPSA) is 84.0 Å². The maximum absolute atomic E-state index is 11.0. The fourth-order valence-electron chi connectivity index (χ4n) is 0.873. The van der Waals surface area contributed by atoms with E-state index in [-0.39, 0.29) is 5.75 Å². The quantitative estimate of drug-likeness (QED) is 0.663. The Morgan fingerprint density at radius 1 is 1.27 bits per heavy atom. The molecule has 0 aliphatic heterocycles. The Morgan fingerprint density at radius 3 is 2.53 bits per heavy atom. The lowest BCUT2D eigenvalue weighted by Gasteiger charge is -2.05. The minimum absolute atomic E-state index is 0.0921. The van der Waals surface area contributed by atoms with E-state index >= 15 is 0 Å². The maximum Gasteiger partial charge on any atom is 0.222 e. The number of rotatable bonds is 6. The largest absolute Gasteiger partial charge is 0.353 e. The summed E-state index contributed by atoms with van der Waals surface area (Å²) >= 11 is 0. The molecular formula is C8H14N4O2S. The Kier molecular flexibility index (Phi) is 4.44. The summed E-state index contributed by atoms with van der Waals surface area (Å²) in [6.45, 7) is 2.38. The van der Waals surface area contributed by atoms with E-state index < -0.39 is 10.0 Å². The van der Waals surface area contributed by atoms with Gasteiger partial charge in [0.15, 0.2) is 0 Å². The molecule has 1 aromatic rings. The Hall–Kier alpha value is -1.21. The number of hydrogen-bond acceptors (Lipinski definition) is 5. The third-order valence-corrected chi connectivity index (χ3v) is 3.08. The first-order valence-electron chi connectivity index (χ1n) is 4.62. The summed E-state index contributed by atoms with van der Waals surface area (Å²) in [6.07, 6.45) is 3.23. The molecule has 0 fully saturated rings. The molecule has 0 aliphatic rings. The predicted molar refractivity (Wildman–Crippen MR) is 58.0 cm³/mol. The van der Waals surface area contributed by atoms with Crippen LogP contribution in [-0.2, 0) is 10.0 Å². The van der Waals surface area contributed by atoms with Gasteiger partial charge in [-0.05, 0) is 13.0 Å². The van der Waals surface area contributed by atoms with E-state index in [0.717, 1.165) is 0 Å². The molecule has 0 unspecified atom stereocenters. The molecule has 7 heteroatoms. The smallest absolute Gasteiger partial charge is 0.222 e. The second kappa shape index (κ2) is 5.62. The highest BCUT2D eigenvalue weighted by molar-refractivity contribution is 7.89. The van der Waals surface area contributed by atoms with Crippen LogP contribution in [0.2, 0.25) is 0 Å². The zero-order valence-corrected chi connectivity index (χ0v) is 9.29. The maximum atomic E-state index is 11.0. The first kappa shape index (κ1) is 11.9. The van der Waals surface area contributed by atoms with E-state index in [1.807, 2.05) is 0 Å². The third-order valence-electron chi connectivity index (χ3n) is 1.68. The van der Waals surface area contributed by atoms with Crippen molar-refractivity contribution >= 4 is 16.0 Å². The van der Waals surface area contributed by atoms with Gasteiger partial charge in [-0.15, -0.1) is 0 Å². The fraction of sp³-hybridized carbons (Fsp3) is 0.500. The summed E-state index contributed by atoms with van der Waals surface area (Å²) in [5, 5.41) is 2.89. The van der Waals surface area contributed by atoms with Gasteiger partial charge in [0.1, 0.15) is 0 Å². The Morgan fingerprint density at radius 2 is 1.93 bits per heavy atom. The van der Waals surface area contributed by atoms with Crippen molar-refractivity contribution in [3.05, 3.63) is 18.5 Å². The molecule has 0 atom stereocenters. The molecular weight excluding hydrogens is 216 g/mol. The van der Waals surface area contributed by atoms with Gasteiger partial charge in [-0.1, -0.05) is 0 Å². The van der Waals surface area contributed by atoms with Crippen molar-refractivity contribution in [2.24, 2.45) is 0 Å². The molecule has 1 rings (SSSR count). The first-order valence-corrected chi connectivity index (χ1v) is 6.27. The minimum Gasteiger partial charge on any atom is -0.353 e. The third kappa shape index (κ3) is 4.71. The average molecular weight is 230 g/mol. The van der Waals surface area contributed by atoms with E-state index in [1.54, 1.807) is 25.4 Å². The fourth-order valence-corrected chi connectivity index (χ4v) is 1.49. The molecule has 0 spiro atoms. The van der Waals surface area contributed by atoms with Crippen LogP contribution in [0.4, 0.5) is 5.95 Å². The van der Waals surface area contributed by atoms with Crippen LogP contribution in [0.3, 0.4) is 0 Å². The van der Waals surface area contributed by atoms with Crippen LogP contribution in [0.25, 0.3) is 0 Å². The van der Waals surface area contributed by atoms with Gasteiger partial charge in [0.25, 0.3) is 0 Å². The summed E-state index contributed by atoms with van der Waals surface area (Å²) in [5.74, 6) is 0.586. The molecule has 0 amide bonds. The highest BCUT2D eigenvalue weighted by atomic mass is 32.2. The highest BCUT2D eigenvalue weighted by Crippen LogP contribution is 1.91. The van der Waals surface area contributed by atoms with Crippen LogP contribution in [0, 0.1) is 0 Å². The second-order valence-electron chi connectivity index (χ2n) is 2.80. The molecule has 0 aliphatic carbocycles. The number of anilines is 1. The molecule has 0 bridgehead atoms. The van der Waals surface area contributed by atoms with Gasteiger partial charge in [-0.25, -0.2) is 23.1 Å². The lowest BCUT2D eigenvalue weighted by atomic mass is 10.6. The highest BCUT2D eigenvalue weighted by Gasteiger charge is 2.04. The summed E-state index contributed by atoms with van der Waals surface area (Å²) in [7, 11) is -3.10. The standard InChI is InChI=1S/C8H14N4O2S/c1-2-15(13,14)12-7-6-11-8-9-4-3-5-10-8/h3-5,12H,2,6-7H2,1H3,(H,9,10,11). The zero-order chi connectivity index (χ0) is 11.1. The van der Waals surface area contributed by atoms with Crippen molar-refractivity contribution < 1.29 is 8.42 Å². The molecule has 0 saturated carbocycles. The average Bonchev–Trinajstić information content (AvgIpc) is 2.26. The van der Waals surface area contributed by atoms with E-state index in [2.05, 4.69) is 20.0 Å². The minimum atomic E-state index is -3.10. The van der Waals surface area contributed by atoms with Gasteiger partial charge in [0.2, 0.25) is 16.0 Å². The van der Waals surface area contributed by atoms with Gasteiger partial charge in [-0.3, -0.25) is 0 Å². The van der Waals surface area contributed by atoms with Crippen molar-refractivity contribution in [2.75, 3.05) is 24.2 Å². The lowest BCUT2D eigenvalue weighted by Crippen LogP contribution is -2.30. The molecule has 0 aromatic carbocycles. The van der Waals surface area contributed by atoms with Crippen molar-refractivity contribution in [3.63, 3.8) is 0 Å². The van der Waals surface area contributed by atoms with Gasteiger partial charge >= 0.3 is 0 Å². The van der Waals surface area contributed by atoms with E-state index in [1.165, 1.54) is 0 Å². The van der Waals surface area contributed by atoms with Gasteiger partial charge in [0, 0.05) is 25.5 Å². The molecule has 0 saturated heterocycles. The SMILES string of the molecule is CCS(=O)(=O)NCCNc1ncccn1. The summed E-state index contributed by atoms with van der Waals surface area (Å²) in [6, 6.07) is 1.71. The number of hydrogen-bond donors (Lipinski definition) is 2. The van der Waals surface area contributed by atoms with Crippen LogP contribution in [0.15, 0.2) is 18.5 Å². The second-order valence-corrected chi connectivity index (χ2v) is 4.89. The number of nitrogens with zero attached hydrogens (tertiary/aromatic N) is 2. The normalized spacial score (nSPS) is 11.3. The Bertz CT molecular complexity index is 379. The Labute approximate surface area is 89.2 Å². The van der Waals surface area contributed by atoms with Crippen molar-refractivity contribution in [2.45, 2.75) is 6.92 Å². The lowest BCUT2D eigenvalue weighted by molar-refractivity contribution is 0.584. The van der Waals surface area contributed by atoms with Crippen molar-refractivity contribution in [3.8, 4) is 0 Å². The molecule has 2 N–H and O–H groups in total. The van der Waals surface area contributed by atoms with E-state index in [0.29, 0.717) is 19.0 Å². The van der Waals surface area contributed by atoms with E-state index in [4.69, 9.17) is 0 Å². The van der Waals surface area contributed by atoms with E-state index in [9.17, 15) is 8.42 Å². The van der Waals surface area contributed by atoms with Crippen LogP contribution < -0.4 is 10.0 Å². The van der Waals surface area contributed by atoms with Crippen LogP contribution in [0.5, 0.6) is 0 Å².